The van der Waals surface area contributed by atoms with Crippen molar-refractivity contribution in [1.29, 1.82) is 0 Å². The minimum absolute atomic E-state index is 0.392. The molecule has 0 aliphatic rings. The molecule has 0 amide bonds. The van der Waals surface area contributed by atoms with E-state index < -0.39 is 13.7 Å². The molecule has 4 nitrogen and oxygen atoms in total. The van der Waals surface area contributed by atoms with Crippen molar-refractivity contribution >= 4 is 13.7 Å². The summed E-state index contributed by atoms with van der Waals surface area (Å²) in [5.74, 6) is 0.392. The second-order valence-corrected chi connectivity index (χ2v) is 4.78. The summed E-state index contributed by atoms with van der Waals surface area (Å²) in [7, 11) is -1.45. The zero-order valence-corrected chi connectivity index (χ0v) is 10.7. The van der Waals surface area contributed by atoms with Crippen molar-refractivity contribution in [1.82, 2.24) is 0 Å². The van der Waals surface area contributed by atoms with Crippen LogP contribution in [0.1, 0.15) is 39.5 Å². The van der Waals surface area contributed by atoms with Crippen LogP contribution in [0.2, 0.25) is 0 Å². The summed E-state index contributed by atoms with van der Waals surface area (Å²) in [6.07, 6.45) is 4.32. The lowest BCUT2D eigenvalue weighted by Crippen LogP contribution is -2.07. The molecular formula is C10H21O4P. The first-order chi connectivity index (χ1) is 7.15. The van der Waals surface area contributed by atoms with Crippen LogP contribution in [0.4, 0.5) is 4.79 Å². The predicted molar refractivity (Wildman–Crippen MR) is 60.7 cm³/mol. The fourth-order valence-electron chi connectivity index (χ4n) is 1.23. The van der Waals surface area contributed by atoms with E-state index in [-0.39, 0.29) is 0 Å². The molecule has 0 aromatic rings. The van der Waals surface area contributed by atoms with E-state index in [4.69, 9.17) is 4.52 Å². The number of hydrogen-bond donors (Lipinski definition) is 0. The van der Waals surface area contributed by atoms with Crippen molar-refractivity contribution in [2.45, 2.75) is 39.5 Å². The van der Waals surface area contributed by atoms with Crippen LogP contribution in [0.5, 0.6) is 0 Å². The Balaban J connectivity index is 3.79. The topological polar surface area (TPSA) is 52.6 Å². The summed E-state index contributed by atoms with van der Waals surface area (Å²) in [5, 5.41) is 0. The normalized spacial score (nSPS) is 14.6. The monoisotopic (exact) mass is 236 g/mol. The number of rotatable bonds is 8. The van der Waals surface area contributed by atoms with Crippen LogP contribution >= 0.6 is 8.03 Å². The van der Waals surface area contributed by atoms with E-state index in [1.807, 2.05) is 0 Å². The van der Waals surface area contributed by atoms with Gasteiger partial charge in [0.15, 0.2) is 0 Å². The highest BCUT2D eigenvalue weighted by Crippen LogP contribution is 2.27. The van der Waals surface area contributed by atoms with E-state index in [2.05, 4.69) is 18.6 Å². The standard InChI is InChI=1S/C10H21O4P/c1-4-6-7-9(5-2)8-14-15(12)10(11)13-3/h9,15H,4-8H2,1-3H3. The lowest BCUT2D eigenvalue weighted by molar-refractivity contribution is 0.186. The Bertz CT molecular complexity index is 206. The number of unbranched alkanes of at least 4 members (excludes halogenated alkanes) is 1. The quantitative estimate of drug-likeness (QED) is 0.605. The Morgan fingerprint density at radius 3 is 2.53 bits per heavy atom. The fraction of sp³-hybridized carbons (Fsp3) is 0.900. The molecule has 0 spiro atoms. The first-order valence-electron chi connectivity index (χ1n) is 5.40. The third-order valence-electron chi connectivity index (χ3n) is 2.35. The second kappa shape index (κ2) is 8.93. The van der Waals surface area contributed by atoms with Gasteiger partial charge >= 0.3 is 5.71 Å². The molecule has 0 rings (SSSR count). The van der Waals surface area contributed by atoms with Crippen LogP contribution < -0.4 is 0 Å². The van der Waals surface area contributed by atoms with Gasteiger partial charge in [0.2, 0.25) is 0 Å². The maximum absolute atomic E-state index is 11.2. The van der Waals surface area contributed by atoms with Gasteiger partial charge in [-0.25, -0.2) is 4.79 Å². The molecule has 0 radical (unpaired) electrons. The third kappa shape index (κ3) is 6.69. The van der Waals surface area contributed by atoms with Gasteiger partial charge < -0.3 is 9.26 Å². The van der Waals surface area contributed by atoms with Crippen molar-refractivity contribution in [3.05, 3.63) is 0 Å². The van der Waals surface area contributed by atoms with Crippen LogP contribution in [0.25, 0.3) is 0 Å². The Morgan fingerprint density at radius 2 is 2.07 bits per heavy atom. The molecule has 15 heavy (non-hydrogen) atoms. The lowest BCUT2D eigenvalue weighted by atomic mass is 10.0. The summed E-state index contributed by atoms with van der Waals surface area (Å²) in [4.78, 5) is 10.8. The molecular weight excluding hydrogens is 215 g/mol. The molecule has 0 N–H and O–H groups in total. The van der Waals surface area contributed by atoms with Gasteiger partial charge in [0.1, 0.15) is 0 Å². The van der Waals surface area contributed by atoms with E-state index in [0.29, 0.717) is 12.5 Å². The Labute approximate surface area is 92.2 Å². The lowest BCUT2D eigenvalue weighted by Gasteiger charge is -2.13. The molecule has 2 atom stereocenters. The SMILES string of the molecule is CCCCC(CC)CO[PH](=O)C(=O)OC. The number of carbonyl (C=O) groups is 1. The number of methoxy groups -OCH3 is 1. The minimum Gasteiger partial charge on any atom is -0.462 e. The highest BCUT2D eigenvalue weighted by atomic mass is 31.1. The van der Waals surface area contributed by atoms with Gasteiger partial charge in [-0.2, -0.15) is 0 Å². The molecule has 0 aliphatic heterocycles. The predicted octanol–water partition coefficient (Wildman–Crippen LogP) is 3.46. The fourth-order valence-corrected chi connectivity index (χ4v) is 1.91. The molecule has 0 bridgehead atoms. The van der Waals surface area contributed by atoms with Gasteiger partial charge in [0, 0.05) is 0 Å². The average Bonchev–Trinajstić information content (AvgIpc) is 2.27. The van der Waals surface area contributed by atoms with Crippen LogP contribution in [0, 0.1) is 5.92 Å². The molecule has 0 saturated heterocycles. The molecule has 2 unspecified atom stereocenters. The Morgan fingerprint density at radius 1 is 1.40 bits per heavy atom. The second-order valence-electron chi connectivity index (χ2n) is 3.51. The Hall–Kier alpha value is -0.340. The average molecular weight is 236 g/mol. The van der Waals surface area contributed by atoms with Crippen molar-refractivity contribution in [3.8, 4) is 0 Å². The molecule has 0 aromatic heterocycles. The molecule has 0 aliphatic carbocycles. The molecule has 0 aromatic carbocycles. The van der Waals surface area contributed by atoms with Crippen LogP contribution in [-0.4, -0.2) is 19.4 Å². The number of ether oxygens (including phenoxy) is 1. The van der Waals surface area contributed by atoms with E-state index in [0.717, 1.165) is 25.7 Å². The van der Waals surface area contributed by atoms with Crippen LogP contribution in [0.3, 0.4) is 0 Å². The summed E-state index contributed by atoms with van der Waals surface area (Å²) in [5.41, 5.74) is -0.745. The maximum atomic E-state index is 11.2. The highest BCUT2D eigenvalue weighted by Gasteiger charge is 2.14. The summed E-state index contributed by atoms with van der Waals surface area (Å²) in [6.45, 7) is 4.59. The van der Waals surface area contributed by atoms with Gasteiger partial charge in [0.25, 0.3) is 8.03 Å². The first-order valence-corrected chi connectivity index (χ1v) is 6.72. The van der Waals surface area contributed by atoms with E-state index in [9.17, 15) is 9.36 Å². The zero-order chi connectivity index (χ0) is 11.7. The smallest absolute Gasteiger partial charge is 0.388 e. The van der Waals surface area contributed by atoms with Crippen molar-refractivity contribution < 1.29 is 18.6 Å². The third-order valence-corrected chi connectivity index (χ3v) is 3.31. The van der Waals surface area contributed by atoms with Crippen molar-refractivity contribution in [3.63, 3.8) is 0 Å². The van der Waals surface area contributed by atoms with Crippen LogP contribution in [0.15, 0.2) is 0 Å². The highest BCUT2D eigenvalue weighted by molar-refractivity contribution is 7.58. The van der Waals surface area contributed by atoms with Gasteiger partial charge in [0.05, 0.1) is 13.7 Å². The van der Waals surface area contributed by atoms with E-state index in [1.165, 1.54) is 7.11 Å². The largest absolute Gasteiger partial charge is 0.462 e. The van der Waals surface area contributed by atoms with Gasteiger partial charge in [-0.15, -0.1) is 0 Å². The van der Waals surface area contributed by atoms with Gasteiger partial charge in [-0.05, 0) is 12.3 Å². The maximum Gasteiger partial charge on any atom is 0.388 e. The summed E-state index contributed by atoms with van der Waals surface area (Å²) in [6, 6.07) is 0. The zero-order valence-electron chi connectivity index (χ0n) is 9.75. The van der Waals surface area contributed by atoms with Gasteiger partial charge in [-0.1, -0.05) is 33.1 Å². The van der Waals surface area contributed by atoms with E-state index in [1.54, 1.807) is 0 Å². The molecule has 0 heterocycles. The molecule has 5 heteroatoms. The summed E-state index contributed by atoms with van der Waals surface area (Å²) >= 11 is 0. The molecule has 0 fully saturated rings. The van der Waals surface area contributed by atoms with E-state index >= 15 is 0 Å². The molecule has 0 saturated carbocycles. The minimum atomic E-state index is -2.66. The Kier molecular flexibility index (Phi) is 8.73. The number of carbonyl (C=O) groups excluding carboxylic acids is 1. The number of hydrogen-bond acceptors (Lipinski definition) is 4. The first kappa shape index (κ1) is 14.7. The molecule has 90 valence electrons. The van der Waals surface area contributed by atoms with Crippen molar-refractivity contribution in [2.24, 2.45) is 5.92 Å². The van der Waals surface area contributed by atoms with Crippen molar-refractivity contribution in [2.75, 3.05) is 13.7 Å². The summed E-state index contributed by atoms with van der Waals surface area (Å²) < 4.78 is 20.5. The van der Waals surface area contributed by atoms with Gasteiger partial charge in [-0.3, -0.25) is 4.57 Å². The van der Waals surface area contributed by atoms with Crippen LogP contribution in [-0.2, 0) is 13.8 Å².